The summed E-state index contributed by atoms with van der Waals surface area (Å²) in [7, 11) is 0.610. The maximum absolute atomic E-state index is 12.9. The van der Waals surface area contributed by atoms with Gasteiger partial charge in [-0.15, -0.1) is 0 Å². The number of hydrogen-bond donors (Lipinski definition) is 1. The molecule has 0 bridgehead atoms. The van der Waals surface area contributed by atoms with Gasteiger partial charge in [0.25, 0.3) is 5.91 Å². The molecule has 1 N–H and O–H groups in total. The Morgan fingerprint density at radius 1 is 1.13 bits per heavy atom. The number of nitrogens with zero attached hydrogens (tertiary/aromatic N) is 1. The molecule has 0 fully saturated rings. The van der Waals surface area contributed by atoms with Gasteiger partial charge < -0.3 is 23.8 Å². The monoisotopic (exact) mass is 436 g/mol. The zero-order valence-electron chi connectivity index (χ0n) is 17.0. The number of sulfonamides is 1. The molecule has 0 radical (unpaired) electrons. The van der Waals surface area contributed by atoms with Gasteiger partial charge in [0, 0.05) is 32.8 Å². The van der Waals surface area contributed by atoms with Gasteiger partial charge >= 0.3 is 0 Å². The number of nitrogens with one attached hydrogen (secondary N) is 1. The van der Waals surface area contributed by atoms with Crippen LogP contribution in [0.4, 0.5) is 0 Å². The Labute approximate surface area is 175 Å². The van der Waals surface area contributed by atoms with Gasteiger partial charge in [-0.1, -0.05) is 6.07 Å². The highest BCUT2D eigenvalue weighted by atomic mass is 32.2. The molecule has 1 aliphatic heterocycles. The third kappa shape index (κ3) is 4.84. The predicted molar refractivity (Wildman–Crippen MR) is 108 cm³/mol. The van der Waals surface area contributed by atoms with Gasteiger partial charge in [0.05, 0.1) is 13.7 Å². The molecule has 1 aliphatic rings. The summed E-state index contributed by atoms with van der Waals surface area (Å²) in [6.07, 6.45) is 0. The van der Waals surface area contributed by atoms with Crippen molar-refractivity contribution in [3.05, 3.63) is 47.5 Å². The van der Waals surface area contributed by atoms with Crippen LogP contribution in [-0.4, -0.2) is 60.4 Å². The van der Waals surface area contributed by atoms with Gasteiger partial charge in [-0.25, -0.2) is 13.1 Å². The van der Waals surface area contributed by atoms with Gasteiger partial charge in [-0.3, -0.25) is 4.79 Å². The van der Waals surface area contributed by atoms with Crippen molar-refractivity contribution < 1.29 is 32.2 Å². The third-order valence-corrected chi connectivity index (χ3v) is 5.98. The van der Waals surface area contributed by atoms with Gasteiger partial charge in [0.15, 0.2) is 11.5 Å². The number of rotatable bonds is 9. The summed E-state index contributed by atoms with van der Waals surface area (Å²) in [6.45, 7) is 0.813. The maximum atomic E-state index is 12.9. The highest BCUT2D eigenvalue weighted by Crippen LogP contribution is 2.33. The number of hydrogen-bond acceptors (Lipinski definition) is 7. The van der Waals surface area contributed by atoms with Gasteiger partial charge in [0.1, 0.15) is 10.6 Å². The molecule has 0 aromatic heterocycles. The zero-order valence-corrected chi connectivity index (χ0v) is 17.8. The van der Waals surface area contributed by atoms with Crippen molar-refractivity contribution in [2.45, 2.75) is 11.4 Å². The fourth-order valence-electron chi connectivity index (χ4n) is 2.98. The van der Waals surface area contributed by atoms with Gasteiger partial charge in [-0.2, -0.15) is 0 Å². The Morgan fingerprint density at radius 3 is 2.63 bits per heavy atom. The molecule has 0 saturated heterocycles. The minimum Gasteiger partial charge on any atom is -0.495 e. The van der Waals surface area contributed by atoms with E-state index >= 15 is 0 Å². The Balaban J connectivity index is 1.79. The van der Waals surface area contributed by atoms with E-state index in [4.69, 9.17) is 18.9 Å². The zero-order chi connectivity index (χ0) is 21.7. The second-order valence-corrected chi connectivity index (χ2v) is 8.34. The summed E-state index contributed by atoms with van der Waals surface area (Å²) in [6, 6.07) is 9.76. The topological polar surface area (TPSA) is 103 Å². The summed E-state index contributed by atoms with van der Waals surface area (Å²) >= 11 is 0. The highest BCUT2D eigenvalue weighted by Gasteiger charge is 2.23. The van der Waals surface area contributed by atoms with E-state index in [1.165, 1.54) is 37.3 Å². The van der Waals surface area contributed by atoms with Crippen LogP contribution in [0.1, 0.15) is 15.9 Å². The lowest BCUT2D eigenvalue weighted by Crippen LogP contribution is -2.29. The van der Waals surface area contributed by atoms with Crippen LogP contribution in [0, 0.1) is 0 Å². The number of benzene rings is 2. The lowest BCUT2D eigenvalue weighted by Gasteiger charge is -2.19. The van der Waals surface area contributed by atoms with Crippen LogP contribution >= 0.6 is 0 Å². The Bertz CT molecular complexity index is 1020. The van der Waals surface area contributed by atoms with Gasteiger partial charge in [-0.05, 0) is 35.9 Å². The molecule has 2 aromatic rings. The molecular weight excluding hydrogens is 412 g/mol. The van der Waals surface area contributed by atoms with E-state index in [1.807, 2.05) is 12.1 Å². The number of ether oxygens (including phenoxy) is 4. The van der Waals surface area contributed by atoms with Crippen LogP contribution in [0.25, 0.3) is 0 Å². The second kappa shape index (κ2) is 9.33. The number of carbonyl (C=O) groups is 1. The maximum Gasteiger partial charge on any atom is 0.253 e. The summed E-state index contributed by atoms with van der Waals surface area (Å²) < 4.78 is 48.4. The molecular formula is C20H24N2O7S. The molecule has 0 aliphatic carbocycles. The number of amides is 1. The van der Waals surface area contributed by atoms with Crippen molar-refractivity contribution in [1.29, 1.82) is 0 Å². The smallest absolute Gasteiger partial charge is 0.253 e. The van der Waals surface area contributed by atoms with E-state index in [-0.39, 0.29) is 42.1 Å². The van der Waals surface area contributed by atoms with E-state index < -0.39 is 10.0 Å². The molecule has 0 unspecified atom stereocenters. The first-order chi connectivity index (χ1) is 14.4. The third-order valence-electron chi connectivity index (χ3n) is 4.50. The summed E-state index contributed by atoms with van der Waals surface area (Å²) in [5, 5.41) is 0. The molecule has 9 nitrogen and oxygen atoms in total. The van der Waals surface area contributed by atoms with E-state index in [1.54, 1.807) is 13.1 Å². The molecule has 0 atom stereocenters. The van der Waals surface area contributed by atoms with E-state index in [2.05, 4.69) is 4.72 Å². The minimum atomic E-state index is -3.88. The molecule has 0 spiro atoms. The van der Waals surface area contributed by atoms with Crippen LogP contribution < -0.4 is 18.9 Å². The molecule has 162 valence electrons. The van der Waals surface area contributed by atoms with Crippen LogP contribution in [0.2, 0.25) is 0 Å². The first kappa shape index (κ1) is 21.9. The summed E-state index contributed by atoms with van der Waals surface area (Å²) in [5.74, 6) is 1.12. The van der Waals surface area contributed by atoms with Crippen molar-refractivity contribution in [2.75, 3.05) is 41.2 Å². The van der Waals surface area contributed by atoms with Crippen molar-refractivity contribution >= 4 is 15.9 Å². The van der Waals surface area contributed by atoms with Crippen molar-refractivity contribution in [3.8, 4) is 17.2 Å². The van der Waals surface area contributed by atoms with Crippen molar-refractivity contribution in [2.24, 2.45) is 0 Å². The Hall–Kier alpha value is -2.82. The summed E-state index contributed by atoms with van der Waals surface area (Å²) in [5.41, 5.74) is 1.09. The van der Waals surface area contributed by atoms with E-state index in [0.717, 1.165) is 5.56 Å². The normalized spacial score (nSPS) is 12.6. The highest BCUT2D eigenvalue weighted by molar-refractivity contribution is 7.89. The van der Waals surface area contributed by atoms with Crippen molar-refractivity contribution in [3.63, 3.8) is 0 Å². The van der Waals surface area contributed by atoms with Crippen LogP contribution in [0.3, 0.4) is 0 Å². The Kier molecular flexibility index (Phi) is 6.80. The molecule has 2 aromatic carbocycles. The van der Waals surface area contributed by atoms with Crippen molar-refractivity contribution in [1.82, 2.24) is 9.62 Å². The molecule has 3 rings (SSSR count). The van der Waals surface area contributed by atoms with E-state index in [0.29, 0.717) is 18.0 Å². The number of fused-ring (bicyclic) bond motifs is 1. The number of methoxy groups -OCH3 is 2. The molecule has 30 heavy (non-hydrogen) atoms. The minimum absolute atomic E-state index is 0.101. The quantitative estimate of drug-likeness (QED) is 0.596. The fraction of sp³-hybridized carbons (Fsp3) is 0.350. The first-order valence-electron chi connectivity index (χ1n) is 9.16. The average molecular weight is 436 g/mol. The van der Waals surface area contributed by atoms with Crippen LogP contribution in [-0.2, 0) is 21.3 Å². The second-order valence-electron chi connectivity index (χ2n) is 6.61. The lowest BCUT2D eigenvalue weighted by molar-refractivity contribution is 0.0784. The first-order valence-corrected chi connectivity index (χ1v) is 10.6. The molecule has 10 heteroatoms. The molecule has 0 saturated carbocycles. The predicted octanol–water partition coefficient (Wildman–Crippen LogP) is 1.62. The lowest BCUT2D eigenvalue weighted by atomic mass is 10.1. The van der Waals surface area contributed by atoms with E-state index in [9.17, 15) is 13.2 Å². The summed E-state index contributed by atoms with van der Waals surface area (Å²) in [4.78, 5) is 14.3. The number of carbonyl (C=O) groups excluding carboxylic acids is 1. The molecule has 1 heterocycles. The SMILES string of the molecule is COCCNS(=O)(=O)c1cc(C(=O)N(C)Cc2ccc3c(c2)OCO3)ccc1OC. The van der Waals surface area contributed by atoms with Crippen LogP contribution in [0.5, 0.6) is 17.2 Å². The molecule has 1 amide bonds. The standard InChI is InChI=1S/C20H24N2O7S/c1-22(12-14-4-6-16-18(10-14)29-13-28-16)20(23)15-5-7-17(27-3)19(11-15)30(24,25)21-8-9-26-2/h4-7,10-11,21H,8-9,12-13H2,1-3H3. The largest absolute Gasteiger partial charge is 0.495 e. The van der Waals surface area contributed by atoms with Crippen LogP contribution in [0.15, 0.2) is 41.3 Å². The average Bonchev–Trinajstić information content (AvgIpc) is 3.20. The van der Waals surface area contributed by atoms with Gasteiger partial charge in [0.2, 0.25) is 16.8 Å². The Morgan fingerprint density at radius 2 is 1.90 bits per heavy atom. The fourth-order valence-corrected chi connectivity index (χ4v) is 4.19.